The SMILES string of the molecule is CC(O)CC(C)(C)CC(C)(C)S. The quantitative estimate of drug-likeness (QED) is 0.653. The van der Waals surface area contributed by atoms with Gasteiger partial charge >= 0.3 is 0 Å². The zero-order chi connectivity index (χ0) is 9.99. The summed E-state index contributed by atoms with van der Waals surface area (Å²) in [5.74, 6) is 0. The molecule has 0 amide bonds. The van der Waals surface area contributed by atoms with Crippen molar-refractivity contribution in [1.82, 2.24) is 0 Å². The lowest BCUT2D eigenvalue weighted by molar-refractivity contribution is 0.120. The third-order valence-electron chi connectivity index (χ3n) is 1.76. The molecule has 0 rings (SSSR count). The fourth-order valence-corrected chi connectivity index (χ4v) is 2.47. The summed E-state index contributed by atoms with van der Waals surface area (Å²) in [4.78, 5) is 0. The summed E-state index contributed by atoms with van der Waals surface area (Å²) in [5.41, 5.74) is 0.180. The summed E-state index contributed by atoms with van der Waals surface area (Å²) in [7, 11) is 0. The summed E-state index contributed by atoms with van der Waals surface area (Å²) in [6.07, 6.45) is 1.65. The molecule has 0 radical (unpaired) electrons. The van der Waals surface area contributed by atoms with Crippen LogP contribution in [0, 0.1) is 5.41 Å². The number of aliphatic hydroxyl groups excluding tert-OH is 1. The van der Waals surface area contributed by atoms with E-state index in [-0.39, 0.29) is 16.3 Å². The van der Waals surface area contributed by atoms with Gasteiger partial charge in [0.15, 0.2) is 0 Å². The third-order valence-corrected chi connectivity index (χ3v) is 1.92. The Morgan fingerprint density at radius 2 is 1.67 bits per heavy atom. The maximum Gasteiger partial charge on any atom is 0.0517 e. The number of rotatable bonds is 4. The van der Waals surface area contributed by atoms with Crippen LogP contribution in [0.25, 0.3) is 0 Å². The third kappa shape index (κ3) is 6.99. The van der Waals surface area contributed by atoms with Crippen molar-refractivity contribution in [2.24, 2.45) is 5.41 Å². The van der Waals surface area contributed by atoms with E-state index < -0.39 is 0 Å². The Labute approximate surface area is 82.0 Å². The number of thiol groups is 1. The van der Waals surface area contributed by atoms with Gasteiger partial charge in [-0.25, -0.2) is 0 Å². The van der Waals surface area contributed by atoms with Gasteiger partial charge in [0.1, 0.15) is 0 Å². The lowest BCUT2D eigenvalue weighted by Gasteiger charge is -2.32. The lowest BCUT2D eigenvalue weighted by Crippen LogP contribution is -2.26. The van der Waals surface area contributed by atoms with E-state index in [9.17, 15) is 5.11 Å². The van der Waals surface area contributed by atoms with Gasteiger partial charge in [0.05, 0.1) is 6.10 Å². The molecule has 1 N–H and O–H groups in total. The van der Waals surface area contributed by atoms with E-state index >= 15 is 0 Å². The van der Waals surface area contributed by atoms with E-state index in [1.165, 1.54) is 0 Å². The standard InChI is InChI=1S/C10H22OS/c1-8(11)6-9(2,3)7-10(4,5)12/h8,11-12H,6-7H2,1-5H3. The molecule has 74 valence electrons. The molecular formula is C10H22OS. The molecule has 12 heavy (non-hydrogen) atoms. The van der Waals surface area contributed by atoms with E-state index in [1.54, 1.807) is 0 Å². The fraction of sp³-hybridized carbons (Fsp3) is 1.00. The molecule has 0 aliphatic heterocycles. The molecule has 1 nitrogen and oxygen atoms in total. The van der Waals surface area contributed by atoms with Crippen LogP contribution in [0.2, 0.25) is 0 Å². The van der Waals surface area contributed by atoms with Gasteiger partial charge in [-0.3, -0.25) is 0 Å². The van der Waals surface area contributed by atoms with E-state index in [2.05, 4.69) is 40.3 Å². The summed E-state index contributed by atoms with van der Waals surface area (Å²) in [6.45, 7) is 10.4. The van der Waals surface area contributed by atoms with Crippen LogP contribution in [0.1, 0.15) is 47.5 Å². The van der Waals surface area contributed by atoms with Crippen LogP contribution >= 0.6 is 12.6 Å². The Bertz CT molecular complexity index is 133. The van der Waals surface area contributed by atoms with E-state index in [0.717, 1.165) is 12.8 Å². The first-order valence-corrected chi connectivity index (χ1v) is 4.98. The lowest BCUT2D eigenvalue weighted by atomic mass is 9.79. The van der Waals surface area contributed by atoms with E-state index in [0.29, 0.717) is 0 Å². The minimum atomic E-state index is -0.212. The van der Waals surface area contributed by atoms with Gasteiger partial charge in [-0.05, 0) is 25.2 Å². The Morgan fingerprint density at radius 3 is 1.92 bits per heavy atom. The largest absolute Gasteiger partial charge is 0.393 e. The fourth-order valence-electron chi connectivity index (χ4n) is 2.04. The van der Waals surface area contributed by atoms with Crippen molar-refractivity contribution in [3.63, 3.8) is 0 Å². The molecule has 0 aromatic carbocycles. The molecule has 0 fully saturated rings. The van der Waals surface area contributed by atoms with Gasteiger partial charge in [0.25, 0.3) is 0 Å². The topological polar surface area (TPSA) is 20.2 Å². The second-order valence-electron chi connectivity index (χ2n) is 5.21. The van der Waals surface area contributed by atoms with Crippen LogP contribution in [-0.4, -0.2) is 16.0 Å². The van der Waals surface area contributed by atoms with Crippen molar-refractivity contribution >= 4 is 12.6 Å². The predicted molar refractivity (Wildman–Crippen MR) is 57.8 cm³/mol. The summed E-state index contributed by atoms with van der Waals surface area (Å²) in [6, 6.07) is 0. The molecule has 0 aliphatic carbocycles. The van der Waals surface area contributed by atoms with Crippen molar-refractivity contribution in [1.29, 1.82) is 0 Å². The Hall–Kier alpha value is 0.310. The van der Waals surface area contributed by atoms with Crippen LogP contribution < -0.4 is 0 Å². The molecule has 0 aliphatic rings. The van der Waals surface area contributed by atoms with Gasteiger partial charge in [-0.15, -0.1) is 0 Å². The molecule has 0 aromatic rings. The van der Waals surface area contributed by atoms with Gasteiger partial charge in [0, 0.05) is 4.75 Å². The monoisotopic (exact) mass is 190 g/mol. The van der Waals surface area contributed by atoms with Gasteiger partial charge in [0.2, 0.25) is 0 Å². The van der Waals surface area contributed by atoms with Crippen molar-refractivity contribution < 1.29 is 5.11 Å². The molecule has 1 unspecified atom stereocenters. The minimum Gasteiger partial charge on any atom is -0.393 e. The molecule has 0 saturated carbocycles. The molecule has 0 bridgehead atoms. The van der Waals surface area contributed by atoms with Crippen molar-refractivity contribution in [2.75, 3.05) is 0 Å². The Kier molecular flexibility index (Phi) is 4.12. The number of hydrogen-bond donors (Lipinski definition) is 2. The molecule has 2 heteroatoms. The normalized spacial score (nSPS) is 16.2. The Balaban J connectivity index is 4.04. The first-order chi connectivity index (χ1) is 5.12. The van der Waals surface area contributed by atoms with Crippen molar-refractivity contribution in [3.05, 3.63) is 0 Å². The smallest absolute Gasteiger partial charge is 0.0517 e. The average Bonchev–Trinajstić information content (AvgIpc) is 1.48. The summed E-state index contributed by atoms with van der Waals surface area (Å²) < 4.78 is 0.0540. The van der Waals surface area contributed by atoms with Crippen LogP contribution in [0.15, 0.2) is 0 Å². The molecular weight excluding hydrogens is 168 g/mol. The van der Waals surface area contributed by atoms with E-state index in [1.807, 2.05) is 6.92 Å². The molecule has 0 aromatic heterocycles. The van der Waals surface area contributed by atoms with E-state index in [4.69, 9.17) is 0 Å². The number of hydrogen-bond acceptors (Lipinski definition) is 2. The highest BCUT2D eigenvalue weighted by Crippen LogP contribution is 2.35. The van der Waals surface area contributed by atoms with Crippen LogP contribution in [0.5, 0.6) is 0 Å². The van der Waals surface area contributed by atoms with Gasteiger partial charge in [-0.2, -0.15) is 12.6 Å². The van der Waals surface area contributed by atoms with Crippen molar-refractivity contribution in [2.45, 2.75) is 58.3 Å². The first kappa shape index (κ1) is 12.3. The second-order valence-corrected chi connectivity index (χ2v) is 6.42. The van der Waals surface area contributed by atoms with Crippen LogP contribution in [-0.2, 0) is 0 Å². The second kappa shape index (κ2) is 4.01. The van der Waals surface area contributed by atoms with Crippen molar-refractivity contribution in [3.8, 4) is 0 Å². The van der Waals surface area contributed by atoms with Crippen LogP contribution in [0.3, 0.4) is 0 Å². The van der Waals surface area contributed by atoms with Gasteiger partial charge in [-0.1, -0.05) is 27.7 Å². The summed E-state index contributed by atoms with van der Waals surface area (Å²) in [5, 5.41) is 9.26. The minimum absolute atomic E-state index is 0.0540. The molecule has 0 saturated heterocycles. The predicted octanol–water partition coefficient (Wildman–Crippen LogP) is 2.88. The Morgan fingerprint density at radius 1 is 1.25 bits per heavy atom. The maximum atomic E-state index is 9.26. The summed E-state index contributed by atoms with van der Waals surface area (Å²) >= 11 is 4.49. The maximum absolute atomic E-state index is 9.26. The molecule has 1 atom stereocenters. The highest BCUT2D eigenvalue weighted by Gasteiger charge is 2.27. The zero-order valence-corrected chi connectivity index (χ0v) is 9.78. The average molecular weight is 190 g/mol. The highest BCUT2D eigenvalue weighted by molar-refractivity contribution is 7.81. The molecule has 0 spiro atoms. The highest BCUT2D eigenvalue weighted by atomic mass is 32.1. The first-order valence-electron chi connectivity index (χ1n) is 4.53. The van der Waals surface area contributed by atoms with Crippen LogP contribution in [0.4, 0.5) is 0 Å². The molecule has 0 heterocycles. The number of aliphatic hydroxyl groups is 1. The van der Waals surface area contributed by atoms with Gasteiger partial charge < -0.3 is 5.11 Å². The zero-order valence-electron chi connectivity index (χ0n) is 8.89.